The average molecular weight is 336 g/mol. The van der Waals surface area contributed by atoms with Gasteiger partial charge in [0.15, 0.2) is 9.84 Å². The molecule has 0 saturated heterocycles. The fourth-order valence-electron chi connectivity index (χ4n) is 3.27. The van der Waals surface area contributed by atoms with Crippen molar-refractivity contribution in [2.75, 3.05) is 0 Å². The Kier molecular flexibility index (Phi) is 4.27. The van der Waals surface area contributed by atoms with Gasteiger partial charge in [0.2, 0.25) is 0 Å². The Labute approximate surface area is 135 Å². The molecule has 0 amide bonds. The Morgan fingerprint density at radius 3 is 2.30 bits per heavy atom. The summed E-state index contributed by atoms with van der Waals surface area (Å²) in [5.41, 5.74) is 0.603. The molecule has 0 spiro atoms. The highest BCUT2D eigenvalue weighted by Gasteiger charge is 2.37. The number of carbonyl (C=O) groups is 2. The minimum atomic E-state index is -3.25. The molecular weight excluding hydrogens is 316 g/mol. The van der Waals surface area contributed by atoms with Crippen LogP contribution in [0.3, 0.4) is 0 Å². The summed E-state index contributed by atoms with van der Waals surface area (Å²) in [7, 11) is -3.25. The highest BCUT2D eigenvalue weighted by molar-refractivity contribution is 7.92. The van der Waals surface area contributed by atoms with Crippen LogP contribution in [0.2, 0.25) is 0 Å². The number of hydrogen-bond donors (Lipinski definition) is 1. The van der Waals surface area contributed by atoms with Gasteiger partial charge in [0.1, 0.15) is 5.78 Å². The monoisotopic (exact) mass is 336 g/mol. The largest absolute Gasteiger partial charge is 0.481 e. The maximum absolute atomic E-state index is 12.2. The zero-order valence-electron chi connectivity index (χ0n) is 12.8. The van der Waals surface area contributed by atoms with E-state index in [2.05, 4.69) is 0 Å². The van der Waals surface area contributed by atoms with Crippen LogP contribution >= 0.6 is 0 Å². The van der Waals surface area contributed by atoms with Crippen molar-refractivity contribution in [2.45, 2.75) is 54.6 Å². The van der Waals surface area contributed by atoms with E-state index in [-0.39, 0.29) is 21.8 Å². The lowest BCUT2D eigenvalue weighted by Gasteiger charge is -2.17. The van der Waals surface area contributed by atoms with E-state index in [1.165, 1.54) is 12.1 Å². The minimum Gasteiger partial charge on any atom is -0.481 e. The van der Waals surface area contributed by atoms with Gasteiger partial charge < -0.3 is 5.11 Å². The molecule has 1 aromatic rings. The quantitative estimate of drug-likeness (QED) is 0.862. The van der Waals surface area contributed by atoms with Crippen molar-refractivity contribution in [3.05, 3.63) is 29.8 Å². The first-order valence-corrected chi connectivity index (χ1v) is 9.51. The normalized spacial score (nSPS) is 23.0. The number of carboxylic acids is 1. The highest BCUT2D eigenvalue weighted by atomic mass is 32.2. The third kappa shape index (κ3) is 3.47. The summed E-state index contributed by atoms with van der Waals surface area (Å²) in [6, 6.07) is 6.23. The molecule has 0 aliphatic heterocycles. The maximum Gasteiger partial charge on any atom is 0.310 e. The maximum atomic E-state index is 12.2. The second kappa shape index (κ2) is 6.07. The van der Waals surface area contributed by atoms with E-state index >= 15 is 0 Å². The summed E-state index contributed by atoms with van der Waals surface area (Å²) in [6.07, 6.45) is 3.58. The fourth-order valence-corrected chi connectivity index (χ4v) is 4.92. The van der Waals surface area contributed by atoms with Crippen molar-refractivity contribution in [3.8, 4) is 0 Å². The van der Waals surface area contributed by atoms with Crippen molar-refractivity contribution in [1.82, 2.24) is 0 Å². The van der Waals surface area contributed by atoms with E-state index in [1.807, 2.05) is 0 Å². The Morgan fingerprint density at radius 1 is 1.17 bits per heavy atom. The van der Waals surface area contributed by atoms with Gasteiger partial charge in [-0.2, -0.15) is 0 Å². The van der Waals surface area contributed by atoms with Crippen LogP contribution in [-0.2, 0) is 19.4 Å². The van der Waals surface area contributed by atoms with Crippen LogP contribution < -0.4 is 0 Å². The molecule has 0 bridgehead atoms. The predicted molar refractivity (Wildman–Crippen MR) is 84.0 cm³/mol. The molecule has 6 heteroatoms. The molecule has 1 N–H and O–H groups in total. The number of aliphatic carboxylic acids is 1. The lowest BCUT2D eigenvalue weighted by molar-refractivity contribution is -0.139. The Hall–Kier alpha value is -1.69. The molecule has 1 unspecified atom stereocenters. The molecule has 2 aliphatic rings. The summed E-state index contributed by atoms with van der Waals surface area (Å²) in [5, 5.41) is 9.21. The van der Waals surface area contributed by atoms with Crippen LogP contribution in [0, 0.1) is 5.92 Å². The van der Waals surface area contributed by atoms with Gasteiger partial charge in [-0.25, -0.2) is 8.42 Å². The van der Waals surface area contributed by atoms with Gasteiger partial charge in [0.25, 0.3) is 0 Å². The summed E-state index contributed by atoms with van der Waals surface area (Å²) >= 11 is 0. The number of hydrogen-bond acceptors (Lipinski definition) is 4. The van der Waals surface area contributed by atoms with E-state index in [1.54, 1.807) is 12.1 Å². The van der Waals surface area contributed by atoms with Gasteiger partial charge in [-0.3, -0.25) is 9.59 Å². The molecule has 124 valence electrons. The summed E-state index contributed by atoms with van der Waals surface area (Å²) < 4.78 is 24.3. The predicted octanol–water partition coefficient (Wildman–Crippen LogP) is 2.55. The molecule has 1 aromatic carbocycles. The molecule has 2 atom stereocenters. The van der Waals surface area contributed by atoms with Gasteiger partial charge >= 0.3 is 5.97 Å². The number of ketones is 1. The lowest BCUT2D eigenvalue weighted by Crippen LogP contribution is -2.16. The second-order valence-corrected chi connectivity index (χ2v) is 8.82. The molecule has 2 aliphatic carbocycles. The van der Waals surface area contributed by atoms with Gasteiger partial charge in [-0.05, 0) is 49.3 Å². The zero-order chi connectivity index (χ0) is 16.6. The first-order valence-electron chi connectivity index (χ1n) is 7.96. The molecule has 0 heterocycles. The summed E-state index contributed by atoms with van der Waals surface area (Å²) in [6.45, 7) is 0. The highest BCUT2D eigenvalue weighted by Crippen LogP contribution is 2.36. The molecule has 23 heavy (non-hydrogen) atoms. The van der Waals surface area contributed by atoms with E-state index in [4.69, 9.17) is 0 Å². The van der Waals surface area contributed by atoms with Gasteiger partial charge in [-0.1, -0.05) is 12.1 Å². The lowest BCUT2D eigenvalue weighted by atomic mass is 9.88. The van der Waals surface area contributed by atoms with Crippen LogP contribution in [0.25, 0.3) is 0 Å². The molecule has 2 fully saturated rings. The van der Waals surface area contributed by atoms with Crippen LogP contribution in [0.4, 0.5) is 0 Å². The SMILES string of the molecule is O=C1CC[C@H](CC(C(=O)O)c2ccc(S(=O)(=O)C3CC3)cc2)C1. The molecule has 2 saturated carbocycles. The molecular formula is C17H20O5S. The smallest absolute Gasteiger partial charge is 0.310 e. The van der Waals surface area contributed by atoms with E-state index < -0.39 is 21.7 Å². The van der Waals surface area contributed by atoms with Crippen molar-refractivity contribution in [3.63, 3.8) is 0 Å². The van der Waals surface area contributed by atoms with Crippen LogP contribution in [0.5, 0.6) is 0 Å². The second-order valence-electron chi connectivity index (χ2n) is 6.59. The Bertz CT molecular complexity index is 716. The van der Waals surface area contributed by atoms with E-state index in [0.29, 0.717) is 37.7 Å². The summed E-state index contributed by atoms with van der Waals surface area (Å²) in [4.78, 5) is 23.2. The zero-order valence-corrected chi connectivity index (χ0v) is 13.6. The first kappa shape index (κ1) is 16.2. The fraction of sp³-hybridized carbons (Fsp3) is 0.529. The van der Waals surface area contributed by atoms with Gasteiger partial charge in [0.05, 0.1) is 16.1 Å². The van der Waals surface area contributed by atoms with Crippen molar-refractivity contribution in [2.24, 2.45) is 5.92 Å². The molecule has 3 rings (SSSR count). The van der Waals surface area contributed by atoms with Gasteiger partial charge in [-0.15, -0.1) is 0 Å². The topological polar surface area (TPSA) is 88.5 Å². The third-order valence-corrected chi connectivity index (χ3v) is 7.07. The molecule has 0 aromatic heterocycles. The first-order chi connectivity index (χ1) is 10.9. The Morgan fingerprint density at radius 2 is 1.83 bits per heavy atom. The third-order valence-electron chi connectivity index (χ3n) is 4.79. The van der Waals surface area contributed by atoms with Gasteiger partial charge in [0, 0.05) is 12.8 Å². The Balaban J connectivity index is 1.77. The number of carbonyl (C=O) groups excluding carboxylic acids is 1. The molecule has 0 radical (unpaired) electrons. The average Bonchev–Trinajstić information content (AvgIpc) is 3.29. The van der Waals surface area contributed by atoms with E-state index in [0.717, 1.165) is 6.42 Å². The summed E-state index contributed by atoms with van der Waals surface area (Å²) in [5.74, 6) is -1.31. The van der Waals surface area contributed by atoms with Crippen molar-refractivity contribution < 1.29 is 23.1 Å². The van der Waals surface area contributed by atoms with Crippen molar-refractivity contribution >= 4 is 21.6 Å². The van der Waals surface area contributed by atoms with E-state index in [9.17, 15) is 23.1 Å². The minimum absolute atomic E-state index is 0.110. The number of Topliss-reactive ketones (excluding diaryl/α,β-unsaturated/α-hetero) is 1. The van der Waals surface area contributed by atoms with Crippen LogP contribution in [0.1, 0.15) is 50.0 Å². The number of carboxylic acid groups (broad SMARTS) is 1. The van der Waals surface area contributed by atoms with Crippen LogP contribution in [-0.4, -0.2) is 30.5 Å². The van der Waals surface area contributed by atoms with Crippen LogP contribution in [0.15, 0.2) is 29.2 Å². The number of rotatable bonds is 6. The number of sulfone groups is 1. The molecule has 5 nitrogen and oxygen atoms in total. The number of benzene rings is 1. The standard InChI is InChI=1S/C17H20O5S/c18-13-4-1-11(9-13)10-16(17(19)20)12-2-5-14(6-3-12)23(21,22)15-7-8-15/h2-3,5-6,11,15-16H,1,4,7-10H2,(H,19,20)/t11-,16?/m0/s1. The van der Waals surface area contributed by atoms with Crippen molar-refractivity contribution in [1.29, 1.82) is 0 Å².